The van der Waals surface area contributed by atoms with E-state index in [-0.39, 0.29) is 17.6 Å². The van der Waals surface area contributed by atoms with Crippen LogP contribution in [0.2, 0.25) is 0 Å². The van der Waals surface area contributed by atoms with Crippen LogP contribution in [-0.2, 0) is 0 Å². The van der Waals surface area contributed by atoms with Crippen molar-refractivity contribution in [3.05, 3.63) is 102 Å². The number of hydrogen-bond donors (Lipinski definition) is 1. The number of fused-ring (bicyclic) bond motifs is 1. The number of carbonyl (C=O) groups excluding carboxylic acids is 1. The molecule has 0 saturated carbocycles. The Kier molecular flexibility index (Phi) is 5.50. The van der Waals surface area contributed by atoms with Crippen LogP contribution in [0.5, 0.6) is 0 Å². The van der Waals surface area contributed by atoms with Gasteiger partial charge in [0, 0.05) is 48.3 Å². The molecule has 0 amide bonds. The SMILES string of the molecule is Cc1[nH]c2ccccc2c1C(=O)C(c1ccccc1)N1CCN(c2ccccc2F)CC1. The molecule has 1 aromatic heterocycles. The molecule has 1 aliphatic heterocycles. The van der Waals surface area contributed by atoms with Crippen LogP contribution in [0.1, 0.15) is 27.7 Å². The summed E-state index contributed by atoms with van der Waals surface area (Å²) >= 11 is 0. The highest BCUT2D eigenvalue weighted by Gasteiger charge is 2.33. The molecule has 4 aromatic rings. The maximum atomic E-state index is 14.3. The van der Waals surface area contributed by atoms with E-state index in [4.69, 9.17) is 0 Å². The topological polar surface area (TPSA) is 39.3 Å². The molecular formula is C27H26FN3O. The fourth-order valence-corrected chi connectivity index (χ4v) is 4.82. The van der Waals surface area contributed by atoms with Crippen LogP contribution in [0.25, 0.3) is 10.9 Å². The summed E-state index contributed by atoms with van der Waals surface area (Å²) in [6.07, 6.45) is 0. The van der Waals surface area contributed by atoms with Gasteiger partial charge in [0.05, 0.1) is 11.7 Å². The Hall–Kier alpha value is -3.44. The van der Waals surface area contributed by atoms with Gasteiger partial charge in [0.1, 0.15) is 5.82 Å². The highest BCUT2D eigenvalue weighted by molar-refractivity contribution is 6.11. The second-order valence-electron chi connectivity index (χ2n) is 8.32. The lowest BCUT2D eigenvalue weighted by Crippen LogP contribution is -2.49. The number of Topliss-reactive ketones (excluding diaryl/α,β-unsaturated/α-hetero) is 1. The van der Waals surface area contributed by atoms with Crippen LogP contribution in [0.4, 0.5) is 10.1 Å². The Bertz CT molecular complexity index is 1240. The predicted molar refractivity (Wildman–Crippen MR) is 127 cm³/mol. The number of benzene rings is 3. The summed E-state index contributed by atoms with van der Waals surface area (Å²) in [7, 11) is 0. The average Bonchev–Trinajstić information content (AvgIpc) is 3.16. The largest absolute Gasteiger partial charge is 0.367 e. The molecule has 4 nitrogen and oxygen atoms in total. The standard InChI is InChI=1S/C27H26FN3O/c1-19-25(21-11-5-7-13-23(21)29-19)27(32)26(20-9-3-2-4-10-20)31-17-15-30(16-18-31)24-14-8-6-12-22(24)28/h2-14,26,29H,15-18H2,1H3. The van der Waals surface area contributed by atoms with E-state index in [0.29, 0.717) is 31.9 Å². The monoisotopic (exact) mass is 427 g/mol. The molecule has 0 spiro atoms. The van der Waals surface area contributed by atoms with Crippen molar-refractivity contribution < 1.29 is 9.18 Å². The van der Waals surface area contributed by atoms with Crippen molar-refractivity contribution in [2.75, 3.05) is 31.1 Å². The highest BCUT2D eigenvalue weighted by Crippen LogP contribution is 2.32. The van der Waals surface area contributed by atoms with Crippen molar-refractivity contribution in [1.82, 2.24) is 9.88 Å². The minimum absolute atomic E-state index is 0.102. The summed E-state index contributed by atoms with van der Waals surface area (Å²) in [5.41, 5.74) is 4.24. The van der Waals surface area contributed by atoms with Gasteiger partial charge >= 0.3 is 0 Å². The predicted octanol–water partition coefficient (Wildman–Crippen LogP) is 5.36. The third-order valence-electron chi connectivity index (χ3n) is 6.38. The number of nitrogens with zero attached hydrogens (tertiary/aromatic N) is 2. The van der Waals surface area contributed by atoms with Gasteiger partial charge < -0.3 is 9.88 Å². The molecule has 1 atom stereocenters. The van der Waals surface area contributed by atoms with Crippen LogP contribution in [0.3, 0.4) is 0 Å². The van der Waals surface area contributed by atoms with Crippen molar-refractivity contribution in [2.24, 2.45) is 0 Å². The van der Waals surface area contributed by atoms with Crippen LogP contribution in [0, 0.1) is 12.7 Å². The van der Waals surface area contributed by atoms with Crippen molar-refractivity contribution in [2.45, 2.75) is 13.0 Å². The van der Waals surface area contributed by atoms with Gasteiger partial charge in [-0.1, -0.05) is 60.7 Å². The van der Waals surface area contributed by atoms with Gasteiger partial charge in [-0.2, -0.15) is 0 Å². The molecule has 0 radical (unpaired) electrons. The van der Waals surface area contributed by atoms with Crippen molar-refractivity contribution >= 4 is 22.4 Å². The second kappa shape index (κ2) is 8.60. The normalized spacial score (nSPS) is 15.8. The third kappa shape index (κ3) is 3.69. The zero-order valence-electron chi connectivity index (χ0n) is 18.1. The first-order chi connectivity index (χ1) is 15.6. The van der Waals surface area contributed by atoms with E-state index in [9.17, 15) is 9.18 Å². The van der Waals surface area contributed by atoms with Crippen molar-refractivity contribution in [3.63, 3.8) is 0 Å². The first-order valence-corrected chi connectivity index (χ1v) is 11.0. The molecule has 1 unspecified atom stereocenters. The third-order valence-corrected chi connectivity index (χ3v) is 6.38. The van der Waals surface area contributed by atoms with E-state index in [1.54, 1.807) is 6.07 Å². The van der Waals surface area contributed by atoms with Crippen molar-refractivity contribution in [3.8, 4) is 0 Å². The Labute approximate surface area is 187 Å². The van der Waals surface area contributed by atoms with E-state index in [1.807, 2.05) is 73.7 Å². The highest BCUT2D eigenvalue weighted by atomic mass is 19.1. The number of nitrogens with one attached hydrogen (secondary N) is 1. The summed E-state index contributed by atoms with van der Waals surface area (Å²) in [5, 5.41) is 0.959. The molecule has 1 N–H and O–H groups in total. The molecule has 5 rings (SSSR count). The molecule has 32 heavy (non-hydrogen) atoms. The Morgan fingerprint density at radius 1 is 0.875 bits per heavy atom. The summed E-state index contributed by atoms with van der Waals surface area (Å²) < 4.78 is 14.3. The zero-order valence-corrected chi connectivity index (χ0v) is 18.1. The quantitative estimate of drug-likeness (QED) is 0.436. The lowest BCUT2D eigenvalue weighted by atomic mass is 9.93. The summed E-state index contributed by atoms with van der Waals surface area (Å²) in [6.45, 7) is 4.67. The molecule has 3 aromatic carbocycles. The molecule has 2 heterocycles. The maximum absolute atomic E-state index is 14.3. The molecule has 1 aliphatic rings. The number of aromatic amines is 1. The fourth-order valence-electron chi connectivity index (χ4n) is 4.82. The molecule has 0 bridgehead atoms. The number of aryl methyl sites for hydroxylation is 1. The molecule has 1 saturated heterocycles. The lowest BCUT2D eigenvalue weighted by Gasteiger charge is -2.40. The molecule has 0 aliphatic carbocycles. The number of rotatable bonds is 5. The van der Waals surface area contributed by atoms with Gasteiger partial charge in [-0.05, 0) is 30.7 Å². The van der Waals surface area contributed by atoms with Gasteiger partial charge in [-0.3, -0.25) is 9.69 Å². The zero-order chi connectivity index (χ0) is 22.1. The second-order valence-corrected chi connectivity index (χ2v) is 8.32. The van der Waals surface area contributed by atoms with E-state index in [1.165, 1.54) is 6.07 Å². The first kappa shape index (κ1) is 20.5. The van der Waals surface area contributed by atoms with Crippen molar-refractivity contribution in [1.29, 1.82) is 0 Å². The Morgan fingerprint density at radius 2 is 1.53 bits per heavy atom. The number of piperazine rings is 1. The number of ketones is 1. The van der Waals surface area contributed by atoms with Gasteiger partial charge in [0.2, 0.25) is 0 Å². The lowest BCUT2D eigenvalue weighted by molar-refractivity contribution is 0.0807. The average molecular weight is 428 g/mol. The number of carbonyl (C=O) groups is 1. The van der Waals surface area contributed by atoms with Crippen LogP contribution >= 0.6 is 0 Å². The summed E-state index contributed by atoms with van der Waals surface area (Å²) in [4.78, 5) is 21.7. The van der Waals surface area contributed by atoms with E-state index < -0.39 is 0 Å². The fraction of sp³-hybridized carbons (Fsp3) is 0.222. The smallest absolute Gasteiger partial charge is 0.186 e. The van der Waals surface area contributed by atoms with Gasteiger partial charge in [0.15, 0.2) is 5.78 Å². The number of aromatic nitrogens is 1. The van der Waals surface area contributed by atoms with Gasteiger partial charge in [0.25, 0.3) is 0 Å². The number of halogens is 1. The molecule has 162 valence electrons. The van der Waals surface area contributed by atoms with Gasteiger partial charge in [-0.25, -0.2) is 4.39 Å². The number of anilines is 1. The summed E-state index contributed by atoms with van der Waals surface area (Å²) in [6, 6.07) is 24.4. The number of H-pyrrole nitrogens is 1. The summed E-state index contributed by atoms with van der Waals surface area (Å²) in [5.74, 6) is -0.100. The van der Waals surface area contributed by atoms with E-state index >= 15 is 0 Å². The van der Waals surface area contributed by atoms with Crippen LogP contribution in [-0.4, -0.2) is 41.8 Å². The minimum atomic E-state index is -0.378. The number of hydrogen-bond acceptors (Lipinski definition) is 3. The molecule has 5 heteroatoms. The Balaban J connectivity index is 1.47. The maximum Gasteiger partial charge on any atom is 0.186 e. The van der Waals surface area contributed by atoms with Crippen LogP contribution in [0.15, 0.2) is 78.9 Å². The first-order valence-electron chi connectivity index (χ1n) is 11.0. The molecular weight excluding hydrogens is 401 g/mol. The van der Waals surface area contributed by atoms with Crippen LogP contribution < -0.4 is 4.90 Å². The van der Waals surface area contributed by atoms with E-state index in [2.05, 4.69) is 14.8 Å². The Morgan fingerprint density at radius 3 is 2.28 bits per heavy atom. The molecule has 1 fully saturated rings. The minimum Gasteiger partial charge on any atom is -0.367 e. The van der Waals surface area contributed by atoms with E-state index in [0.717, 1.165) is 27.7 Å². The van der Waals surface area contributed by atoms with Gasteiger partial charge in [-0.15, -0.1) is 0 Å². The number of para-hydroxylation sites is 2.